The van der Waals surface area contributed by atoms with Crippen molar-refractivity contribution in [3.05, 3.63) is 29.3 Å². The minimum Gasteiger partial charge on any atom is -0.211 e. The molecule has 3 nitrogen and oxygen atoms in total. The topological polar surface area (TPSA) is 46.2 Å². The lowest BCUT2D eigenvalue weighted by molar-refractivity contribution is -0.143. The quantitative estimate of drug-likeness (QED) is 0.789. The molecule has 0 aromatic heterocycles. The molecule has 0 bridgehead atoms. The van der Waals surface area contributed by atoms with Crippen LogP contribution in [0.15, 0.2) is 23.1 Å². The summed E-state index contributed by atoms with van der Waals surface area (Å²) >= 11 is 0. The monoisotopic (exact) mass is 377 g/mol. The van der Waals surface area contributed by atoms with E-state index in [4.69, 9.17) is 0 Å². The zero-order valence-corrected chi connectivity index (χ0v) is 14.0. The van der Waals surface area contributed by atoms with Crippen LogP contribution in [0, 0.1) is 5.41 Å². The van der Waals surface area contributed by atoms with Crippen molar-refractivity contribution in [1.82, 2.24) is 4.72 Å². The molecule has 0 saturated heterocycles. The van der Waals surface area contributed by atoms with Crippen LogP contribution in [0.4, 0.5) is 26.3 Å². The molecule has 0 aliphatic rings. The van der Waals surface area contributed by atoms with E-state index in [1.165, 1.54) is 0 Å². The van der Waals surface area contributed by atoms with Crippen LogP contribution >= 0.6 is 0 Å². The average Bonchev–Trinajstić information content (AvgIpc) is 2.34. The van der Waals surface area contributed by atoms with Gasteiger partial charge in [0.1, 0.15) is 0 Å². The SMILES string of the molecule is CC(C)(C)CCNS(=O)(=O)c1cc(C(F)(F)F)cc(C(F)(F)F)c1. The first-order chi connectivity index (χ1) is 10.5. The van der Waals surface area contributed by atoms with E-state index in [1.54, 1.807) is 0 Å². The summed E-state index contributed by atoms with van der Waals surface area (Å²) in [6.07, 6.45) is -9.84. The number of benzene rings is 1. The van der Waals surface area contributed by atoms with E-state index in [0.29, 0.717) is 6.42 Å². The van der Waals surface area contributed by atoms with Crippen molar-refractivity contribution in [2.75, 3.05) is 6.54 Å². The molecule has 0 fully saturated rings. The Morgan fingerprint density at radius 2 is 1.29 bits per heavy atom. The maximum atomic E-state index is 12.7. The molecule has 0 unspecified atom stereocenters. The van der Waals surface area contributed by atoms with E-state index in [-0.39, 0.29) is 30.2 Å². The number of alkyl halides is 6. The van der Waals surface area contributed by atoms with Gasteiger partial charge >= 0.3 is 12.4 Å². The zero-order valence-electron chi connectivity index (χ0n) is 13.1. The smallest absolute Gasteiger partial charge is 0.211 e. The molecule has 1 aromatic rings. The second kappa shape index (κ2) is 6.55. The fourth-order valence-corrected chi connectivity index (χ4v) is 2.83. The molecule has 0 aliphatic heterocycles. The third kappa shape index (κ3) is 5.97. The fourth-order valence-electron chi connectivity index (χ4n) is 1.73. The van der Waals surface area contributed by atoms with Crippen molar-refractivity contribution in [3.8, 4) is 0 Å². The molecule has 0 atom stereocenters. The van der Waals surface area contributed by atoms with Crippen molar-refractivity contribution < 1.29 is 34.8 Å². The van der Waals surface area contributed by atoms with Crippen LogP contribution in [0.1, 0.15) is 38.3 Å². The maximum Gasteiger partial charge on any atom is 0.416 e. The number of halogens is 6. The molecule has 1 rings (SSSR count). The fraction of sp³-hybridized carbons (Fsp3) is 0.571. The van der Waals surface area contributed by atoms with Crippen LogP contribution < -0.4 is 4.72 Å². The summed E-state index contributed by atoms with van der Waals surface area (Å²) in [5, 5.41) is 0. The van der Waals surface area contributed by atoms with Gasteiger partial charge in [-0.05, 0) is 30.0 Å². The van der Waals surface area contributed by atoms with Crippen molar-refractivity contribution in [3.63, 3.8) is 0 Å². The Hall–Kier alpha value is -1.29. The molecule has 0 saturated carbocycles. The molecule has 24 heavy (non-hydrogen) atoms. The van der Waals surface area contributed by atoms with Crippen molar-refractivity contribution in [2.45, 2.75) is 44.4 Å². The number of sulfonamides is 1. The highest BCUT2D eigenvalue weighted by Gasteiger charge is 2.38. The predicted octanol–water partition coefficient (Wildman–Crippen LogP) is 4.44. The van der Waals surface area contributed by atoms with E-state index in [1.807, 2.05) is 25.5 Å². The normalized spacial score (nSPS) is 14.0. The van der Waals surface area contributed by atoms with Gasteiger partial charge in [0.15, 0.2) is 0 Å². The third-order valence-electron chi connectivity index (χ3n) is 3.04. The molecule has 0 aliphatic carbocycles. The minimum atomic E-state index is -5.10. The first kappa shape index (κ1) is 20.8. The summed E-state index contributed by atoms with van der Waals surface area (Å²) in [7, 11) is -4.50. The lowest BCUT2D eigenvalue weighted by atomic mass is 9.93. The number of hydrogen-bond acceptors (Lipinski definition) is 2. The van der Waals surface area contributed by atoms with Crippen LogP contribution in [-0.2, 0) is 22.4 Å². The van der Waals surface area contributed by atoms with Crippen LogP contribution in [0.25, 0.3) is 0 Å². The van der Waals surface area contributed by atoms with Crippen molar-refractivity contribution in [2.24, 2.45) is 5.41 Å². The molecule has 138 valence electrons. The molecule has 1 aromatic carbocycles. The second-order valence-electron chi connectivity index (χ2n) is 6.45. The van der Waals surface area contributed by atoms with E-state index < -0.39 is 38.4 Å². The summed E-state index contributed by atoms with van der Waals surface area (Å²) in [5.74, 6) is 0. The summed E-state index contributed by atoms with van der Waals surface area (Å²) < 4.78 is 103. The van der Waals surface area contributed by atoms with Crippen LogP contribution in [0.2, 0.25) is 0 Å². The molecular weight excluding hydrogens is 360 g/mol. The molecule has 0 radical (unpaired) electrons. The largest absolute Gasteiger partial charge is 0.416 e. The van der Waals surface area contributed by atoms with Gasteiger partial charge in [0, 0.05) is 6.54 Å². The molecule has 0 spiro atoms. The first-order valence-corrected chi connectivity index (χ1v) is 8.30. The van der Waals surface area contributed by atoms with Gasteiger partial charge in [-0.25, -0.2) is 13.1 Å². The van der Waals surface area contributed by atoms with Gasteiger partial charge in [0.05, 0.1) is 16.0 Å². The number of hydrogen-bond donors (Lipinski definition) is 1. The molecule has 0 heterocycles. The van der Waals surface area contributed by atoms with E-state index in [2.05, 4.69) is 0 Å². The van der Waals surface area contributed by atoms with Crippen LogP contribution in [-0.4, -0.2) is 15.0 Å². The standard InChI is InChI=1S/C14H17F6NO2S/c1-12(2,3)4-5-21-24(22,23)11-7-9(13(15,16)17)6-10(8-11)14(18,19)20/h6-8,21H,4-5H2,1-3H3. The Labute approximate surface area is 136 Å². The van der Waals surface area contributed by atoms with E-state index in [0.717, 1.165) is 0 Å². The molecular formula is C14H17F6NO2S. The minimum absolute atomic E-state index is 0.108. The third-order valence-corrected chi connectivity index (χ3v) is 4.48. The van der Waals surface area contributed by atoms with Crippen molar-refractivity contribution >= 4 is 10.0 Å². The van der Waals surface area contributed by atoms with Gasteiger partial charge in [0.25, 0.3) is 0 Å². The number of rotatable bonds is 4. The van der Waals surface area contributed by atoms with Crippen molar-refractivity contribution in [1.29, 1.82) is 0 Å². The Balaban J connectivity index is 3.26. The Morgan fingerprint density at radius 3 is 1.62 bits per heavy atom. The maximum absolute atomic E-state index is 12.7. The predicted molar refractivity (Wildman–Crippen MR) is 75.7 cm³/mol. The van der Waals surface area contributed by atoms with E-state index in [9.17, 15) is 34.8 Å². The summed E-state index contributed by atoms with van der Waals surface area (Å²) in [6.45, 7) is 5.33. The number of nitrogens with one attached hydrogen (secondary N) is 1. The van der Waals surface area contributed by atoms with Crippen LogP contribution in [0.3, 0.4) is 0 Å². The summed E-state index contributed by atoms with van der Waals surface area (Å²) in [4.78, 5) is -1.07. The van der Waals surface area contributed by atoms with Gasteiger partial charge in [-0.15, -0.1) is 0 Å². The zero-order chi connectivity index (χ0) is 19.0. The van der Waals surface area contributed by atoms with Gasteiger partial charge in [-0.1, -0.05) is 20.8 Å². The van der Waals surface area contributed by atoms with Gasteiger partial charge < -0.3 is 0 Å². The average molecular weight is 377 g/mol. The van der Waals surface area contributed by atoms with Crippen LogP contribution in [0.5, 0.6) is 0 Å². The molecule has 1 N–H and O–H groups in total. The van der Waals surface area contributed by atoms with E-state index >= 15 is 0 Å². The highest BCUT2D eigenvalue weighted by molar-refractivity contribution is 7.89. The van der Waals surface area contributed by atoms with Gasteiger partial charge in [-0.2, -0.15) is 26.3 Å². The Bertz CT molecular complexity index is 654. The Kier molecular flexibility index (Phi) is 5.66. The first-order valence-electron chi connectivity index (χ1n) is 6.81. The second-order valence-corrected chi connectivity index (χ2v) is 8.22. The summed E-state index contributed by atoms with van der Waals surface area (Å²) in [6, 6.07) is 0.261. The molecule has 10 heteroatoms. The highest BCUT2D eigenvalue weighted by atomic mass is 32.2. The highest BCUT2D eigenvalue weighted by Crippen LogP contribution is 2.37. The summed E-state index contributed by atoms with van der Waals surface area (Å²) in [5.41, 5.74) is -3.60. The van der Waals surface area contributed by atoms with Gasteiger partial charge in [0.2, 0.25) is 10.0 Å². The van der Waals surface area contributed by atoms with Gasteiger partial charge in [-0.3, -0.25) is 0 Å². The molecule has 0 amide bonds. The Morgan fingerprint density at radius 1 is 0.875 bits per heavy atom. The lowest BCUT2D eigenvalue weighted by Crippen LogP contribution is -2.28. The lowest BCUT2D eigenvalue weighted by Gasteiger charge is -2.19.